The summed E-state index contributed by atoms with van der Waals surface area (Å²) in [6, 6.07) is 11.2. The van der Waals surface area contributed by atoms with Crippen molar-refractivity contribution >= 4 is 63.7 Å². The average Bonchev–Trinajstić information content (AvgIpc) is 2.73. The van der Waals surface area contributed by atoms with Crippen LogP contribution in [0.4, 0.5) is 24.5 Å². The molecule has 3 rings (SSSR count). The first-order chi connectivity index (χ1) is 15.0. The molecule has 2 N–H and O–H groups in total. The van der Waals surface area contributed by atoms with Crippen LogP contribution in [0.5, 0.6) is 0 Å². The predicted octanol–water partition coefficient (Wildman–Crippen LogP) is 4.33. The Morgan fingerprint density at radius 2 is 1.53 bits per heavy atom. The molecular weight excluding hydrogens is 488 g/mol. The van der Waals surface area contributed by atoms with Gasteiger partial charge in [0.05, 0.1) is 11.4 Å². The highest BCUT2D eigenvalue weighted by atomic mass is 35.5. The first kappa shape index (κ1) is 24.1. The Balaban J connectivity index is 1.68. The van der Waals surface area contributed by atoms with E-state index in [0.29, 0.717) is 27.0 Å². The summed E-state index contributed by atoms with van der Waals surface area (Å²) in [4.78, 5) is 26.4. The Morgan fingerprint density at radius 3 is 2.12 bits per heavy atom. The van der Waals surface area contributed by atoms with Crippen molar-refractivity contribution in [3.8, 4) is 0 Å². The van der Waals surface area contributed by atoms with Crippen molar-refractivity contribution in [2.45, 2.75) is 6.18 Å². The summed E-state index contributed by atoms with van der Waals surface area (Å²) < 4.78 is 38.0. The van der Waals surface area contributed by atoms with Gasteiger partial charge in [0.1, 0.15) is 0 Å². The maximum absolute atomic E-state index is 12.7. The standard InChI is InChI=1S/C20H17Cl2F3N4O2S/c21-13-3-1-12(2-4-13)17(30)27-19(32)26-15-11-14(22)5-6-16(15)28-7-9-29(10-8-28)18(31)20(23,24)25/h1-6,11H,7-10H2,(H2,26,27,30,32). The smallest absolute Gasteiger partial charge is 0.366 e. The van der Waals surface area contributed by atoms with Crippen LogP contribution in [-0.2, 0) is 4.79 Å². The van der Waals surface area contributed by atoms with Crippen LogP contribution >= 0.6 is 35.4 Å². The quantitative estimate of drug-likeness (QED) is 0.609. The van der Waals surface area contributed by atoms with Crippen LogP contribution in [0.1, 0.15) is 10.4 Å². The maximum Gasteiger partial charge on any atom is 0.471 e. The molecule has 2 amide bonds. The highest BCUT2D eigenvalue weighted by molar-refractivity contribution is 7.80. The van der Waals surface area contributed by atoms with Crippen LogP contribution in [0.2, 0.25) is 10.0 Å². The number of piperazine rings is 1. The van der Waals surface area contributed by atoms with Crippen molar-refractivity contribution in [3.05, 3.63) is 58.1 Å². The van der Waals surface area contributed by atoms with Crippen LogP contribution in [0, 0.1) is 0 Å². The van der Waals surface area contributed by atoms with Gasteiger partial charge in [-0.1, -0.05) is 23.2 Å². The third-order valence-corrected chi connectivity index (χ3v) is 5.38. The number of halogens is 5. The van der Waals surface area contributed by atoms with E-state index in [1.807, 2.05) is 4.90 Å². The molecule has 0 spiro atoms. The van der Waals surface area contributed by atoms with Gasteiger partial charge in [-0.05, 0) is 54.7 Å². The normalized spacial score (nSPS) is 14.2. The molecule has 12 heteroatoms. The molecular formula is C20H17Cl2F3N4O2S. The van der Waals surface area contributed by atoms with E-state index in [-0.39, 0.29) is 31.3 Å². The minimum Gasteiger partial charge on any atom is -0.366 e. The van der Waals surface area contributed by atoms with Crippen molar-refractivity contribution in [2.75, 3.05) is 36.4 Å². The Kier molecular flexibility index (Phi) is 7.47. The molecule has 1 heterocycles. The first-order valence-corrected chi connectivity index (χ1v) is 10.5. The summed E-state index contributed by atoms with van der Waals surface area (Å²) in [5, 5.41) is 6.36. The number of anilines is 2. The van der Waals surface area contributed by atoms with Crippen LogP contribution < -0.4 is 15.5 Å². The Hall–Kier alpha value is -2.56. The highest BCUT2D eigenvalue weighted by Gasteiger charge is 2.43. The summed E-state index contributed by atoms with van der Waals surface area (Å²) in [7, 11) is 0. The summed E-state index contributed by atoms with van der Waals surface area (Å²) in [5.41, 5.74) is 1.45. The highest BCUT2D eigenvalue weighted by Crippen LogP contribution is 2.30. The minimum atomic E-state index is -4.90. The number of thiocarbonyl (C=S) groups is 1. The molecule has 1 aliphatic rings. The zero-order chi connectivity index (χ0) is 23.5. The third-order valence-electron chi connectivity index (χ3n) is 4.69. The molecule has 170 valence electrons. The molecule has 0 radical (unpaired) electrons. The van der Waals surface area contributed by atoms with E-state index in [0.717, 1.165) is 4.90 Å². The van der Waals surface area contributed by atoms with Gasteiger partial charge >= 0.3 is 12.1 Å². The average molecular weight is 505 g/mol. The van der Waals surface area contributed by atoms with Crippen molar-refractivity contribution in [1.29, 1.82) is 0 Å². The predicted molar refractivity (Wildman–Crippen MR) is 121 cm³/mol. The van der Waals surface area contributed by atoms with Crippen LogP contribution in [0.3, 0.4) is 0 Å². The first-order valence-electron chi connectivity index (χ1n) is 9.33. The zero-order valence-corrected chi connectivity index (χ0v) is 18.7. The van der Waals surface area contributed by atoms with Gasteiger partial charge in [-0.25, -0.2) is 0 Å². The van der Waals surface area contributed by atoms with E-state index in [1.165, 1.54) is 0 Å². The number of hydrogen-bond donors (Lipinski definition) is 2. The van der Waals surface area contributed by atoms with E-state index in [9.17, 15) is 22.8 Å². The van der Waals surface area contributed by atoms with E-state index >= 15 is 0 Å². The van der Waals surface area contributed by atoms with E-state index in [4.69, 9.17) is 35.4 Å². The summed E-state index contributed by atoms with van der Waals surface area (Å²) >= 11 is 17.1. The van der Waals surface area contributed by atoms with Gasteiger partial charge in [0.25, 0.3) is 5.91 Å². The molecule has 2 aromatic carbocycles. The van der Waals surface area contributed by atoms with Crippen molar-refractivity contribution < 1.29 is 22.8 Å². The number of rotatable bonds is 3. The van der Waals surface area contributed by atoms with Gasteiger partial charge in [0, 0.05) is 41.8 Å². The van der Waals surface area contributed by atoms with Gasteiger partial charge in [-0.15, -0.1) is 0 Å². The lowest BCUT2D eigenvalue weighted by Crippen LogP contribution is -2.52. The van der Waals surface area contributed by atoms with E-state index < -0.39 is 18.0 Å². The Bertz CT molecular complexity index is 1030. The molecule has 0 saturated carbocycles. The molecule has 0 bridgehead atoms. The molecule has 1 aliphatic heterocycles. The lowest BCUT2D eigenvalue weighted by molar-refractivity contribution is -0.185. The fraction of sp³-hybridized carbons (Fsp3) is 0.250. The second-order valence-corrected chi connectivity index (χ2v) is 8.13. The van der Waals surface area contributed by atoms with Gasteiger partial charge < -0.3 is 15.1 Å². The molecule has 6 nitrogen and oxygen atoms in total. The molecule has 0 atom stereocenters. The van der Waals surface area contributed by atoms with Gasteiger partial charge in [-0.2, -0.15) is 13.2 Å². The Morgan fingerprint density at radius 1 is 0.938 bits per heavy atom. The fourth-order valence-corrected chi connectivity index (χ4v) is 3.64. The lowest BCUT2D eigenvalue weighted by atomic mass is 10.2. The molecule has 0 aliphatic carbocycles. The van der Waals surface area contributed by atoms with E-state index in [2.05, 4.69) is 10.6 Å². The number of carbonyl (C=O) groups excluding carboxylic acids is 2. The molecule has 1 fully saturated rings. The molecule has 2 aromatic rings. The number of hydrogen-bond acceptors (Lipinski definition) is 4. The number of benzene rings is 2. The molecule has 0 aromatic heterocycles. The lowest BCUT2D eigenvalue weighted by Gasteiger charge is -2.37. The number of alkyl halides is 3. The fourth-order valence-electron chi connectivity index (χ4n) is 3.14. The van der Waals surface area contributed by atoms with Crippen LogP contribution in [0.15, 0.2) is 42.5 Å². The monoisotopic (exact) mass is 504 g/mol. The maximum atomic E-state index is 12.7. The van der Waals surface area contributed by atoms with Gasteiger partial charge in [-0.3, -0.25) is 14.9 Å². The van der Waals surface area contributed by atoms with Gasteiger partial charge in [0.15, 0.2) is 5.11 Å². The number of amides is 2. The number of nitrogens with one attached hydrogen (secondary N) is 2. The van der Waals surface area contributed by atoms with Crippen LogP contribution in [-0.4, -0.2) is 54.2 Å². The second-order valence-electron chi connectivity index (χ2n) is 6.85. The molecule has 32 heavy (non-hydrogen) atoms. The number of nitrogens with zero attached hydrogens (tertiary/aromatic N) is 2. The van der Waals surface area contributed by atoms with Crippen molar-refractivity contribution in [3.63, 3.8) is 0 Å². The van der Waals surface area contributed by atoms with Crippen LogP contribution in [0.25, 0.3) is 0 Å². The molecule has 1 saturated heterocycles. The topological polar surface area (TPSA) is 64.7 Å². The summed E-state index contributed by atoms with van der Waals surface area (Å²) in [5.74, 6) is -2.29. The largest absolute Gasteiger partial charge is 0.471 e. The zero-order valence-electron chi connectivity index (χ0n) is 16.4. The summed E-state index contributed by atoms with van der Waals surface area (Å²) in [6.45, 7) is 0.195. The van der Waals surface area contributed by atoms with E-state index in [1.54, 1.807) is 42.5 Å². The SMILES string of the molecule is O=C(NC(=S)Nc1cc(Cl)ccc1N1CCN(C(=O)C(F)(F)F)CC1)c1ccc(Cl)cc1. The van der Waals surface area contributed by atoms with Gasteiger partial charge in [0.2, 0.25) is 0 Å². The minimum absolute atomic E-state index is 0.0133. The van der Waals surface area contributed by atoms with Crippen molar-refractivity contribution in [1.82, 2.24) is 10.2 Å². The van der Waals surface area contributed by atoms with Crippen molar-refractivity contribution in [2.24, 2.45) is 0 Å². The number of carbonyl (C=O) groups is 2. The third kappa shape index (κ3) is 6.02. The second kappa shape index (κ2) is 9.93. The molecule has 0 unspecified atom stereocenters. The summed E-state index contributed by atoms with van der Waals surface area (Å²) in [6.07, 6.45) is -4.90. The Labute approximate surface area is 197 Å².